The van der Waals surface area contributed by atoms with Gasteiger partial charge in [0, 0.05) is 25.8 Å². The van der Waals surface area contributed by atoms with Crippen molar-refractivity contribution in [1.29, 1.82) is 0 Å². The van der Waals surface area contributed by atoms with E-state index in [1.807, 2.05) is 0 Å². The zero-order chi connectivity index (χ0) is 40.3. The summed E-state index contributed by atoms with van der Waals surface area (Å²) < 4.78 is 33.1. The van der Waals surface area contributed by atoms with E-state index in [0.29, 0.717) is 19.3 Å². The summed E-state index contributed by atoms with van der Waals surface area (Å²) in [6.45, 7) is -0.232. The van der Waals surface area contributed by atoms with Gasteiger partial charge >= 0.3 is 0 Å². The van der Waals surface area contributed by atoms with Crippen LogP contribution in [0.15, 0.2) is 0 Å². The van der Waals surface area contributed by atoms with Crippen LogP contribution in [0.3, 0.4) is 0 Å². The normalized spacial score (nSPS) is 37.7. The average molecular weight is 787 g/mol. The molecular weight excluding hydrogens is 732 g/mol. The Morgan fingerprint density at radius 3 is 1.74 bits per heavy atom. The lowest BCUT2D eigenvalue weighted by atomic mass is 9.96. The van der Waals surface area contributed by atoms with Gasteiger partial charge in [-0.2, -0.15) is 0 Å². The van der Waals surface area contributed by atoms with Crippen molar-refractivity contribution in [2.75, 3.05) is 33.0 Å². The maximum absolute atomic E-state index is 12.9. The van der Waals surface area contributed by atoms with Crippen LogP contribution in [0, 0.1) is 0 Å². The number of hydrogen-bond donors (Lipinski definition) is 12. The standard InChI is InChI=1S/C32H54N2O20/c1-13(37)5-3-4-6-19(39)34-15(9-14(2)38)29(48)33-7-8-49-31-27(47)28(54-32-26(46)24(44)21(41)17(11-36)52-32)22(42)18(53-31)12-50-30-25(45)23(43)20(40)16(10-35)51-30/h15-18,20-28,30-32,35-36,40-47H,3-12H2,1-2H3,(H,33,48)(H,34,39)/t15?,16-,17-,18-,20-,21-,22-,23-,24+,25+,26+,27+,28+,30+,31+,32-/m1/s1. The highest BCUT2D eigenvalue weighted by atomic mass is 16.7. The second-order valence-corrected chi connectivity index (χ2v) is 13.4. The van der Waals surface area contributed by atoms with E-state index in [1.165, 1.54) is 13.8 Å². The predicted molar refractivity (Wildman–Crippen MR) is 174 cm³/mol. The van der Waals surface area contributed by atoms with Gasteiger partial charge in [0.1, 0.15) is 90.9 Å². The molecule has 0 aromatic rings. The van der Waals surface area contributed by atoms with E-state index in [0.717, 1.165) is 0 Å². The number of rotatable bonds is 20. The quantitative estimate of drug-likeness (QED) is 0.0510. The maximum atomic E-state index is 12.9. The van der Waals surface area contributed by atoms with E-state index < -0.39 is 130 Å². The first kappa shape index (κ1) is 46.0. The fourth-order valence-corrected chi connectivity index (χ4v) is 5.96. The molecule has 3 heterocycles. The molecule has 22 nitrogen and oxygen atoms in total. The molecule has 3 aliphatic heterocycles. The second-order valence-electron chi connectivity index (χ2n) is 13.4. The van der Waals surface area contributed by atoms with E-state index in [4.69, 9.17) is 28.4 Å². The molecule has 0 radical (unpaired) electrons. The minimum Gasteiger partial charge on any atom is -0.394 e. The first-order valence-electron chi connectivity index (χ1n) is 17.6. The number of nitrogens with one attached hydrogen (secondary N) is 2. The molecule has 0 spiro atoms. The molecule has 0 saturated carbocycles. The van der Waals surface area contributed by atoms with E-state index >= 15 is 0 Å². The molecule has 22 heteroatoms. The van der Waals surface area contributed by atoms with Crippen molar-refractivity contribution in [2.45, 2.75) is 144 Å². The number of carbonyl (C=O) groups is 4. The van der Waals surface area contributed by atoms with Gasteiger partial charge in [-0.05, 0) is 26.7 Å². The fourth-order valence-electron chi connectivity index (χ4n) is 5.96. The summed E-state index contributed by atoms with van der Waals surface area (Å²) in [4.78, 5) is 48.2. The Morgan fingerprint density at radius 2 is 1.17 bits per heavy atom. The van der Waals surface area contributed by atoms with Crippen LogP contribution in [0.5, 0.6) is 0 Å². The molecule has 0 aromatic carbocycles. The summed E-state index contributed by atoms with van der Waals surface area (Å²) in [5.74, 6) is -1.65. The van der Waals surface area contributed by atoms with Gasteiger partial charge in [0.2, 0.25) is 11.8 Å². The summed E-state index contributed by atoms with van der Waals surface area (Å²) in [6.07, 6.45) is -24.9. The largest absolute Gasteiger partial charge is 0.394 e. The molecule has 3 rings (SSSR count). The summed E-state index contributed by atoms with van der Waals surface area (Å²) in [5.41, 5.74) is 0. The van der Waals surface area contributed by atoms with Gasteiger partial charge in [-0.15, -0.1) is 0 Å². The summed E-state index contributed by atoms with van der Waals surface area (Å²) in [6, 6.07) is -1.23. The number of amides is 2. The van der Waals surface area contributed by atoms with Crippen LogP contribution in [-0.2, 0) is 47.6 Å². The van der Waals surface area contributed by atoms with Gasteiger partial charge in [-0.1, -0.05) is 0 Å². The van der Waals surface area contributed by atoms with Crippen LogP contribution >= 0.6 is 0 Å². The zero-order valence-electron chi connectivity index (χ0n) is 29.9. The van der Waals surface area contributed by atoms with Crippen molar-refractivity contribution < 1.29 is 98.7 Å². The Balaban J connectivity index is 1.68. The topological polar surface area (TPSA) is 350 Å². The summed E-state index contributed by atoms with van der Waals surface area (Å²) >= 11 is 0. The summed E-state index contributed by atoms with van der Waals surface area (Å²) in [7, 11) is 0. The number of unbranched alkanes of at least 4 members (excludes halogenated alkanes) is 1. The van der Waals surface area contributed by atoms with Crippen molar-refractivity contribution in [1.82, 2.24) is 10.6 Å². The fraction of sp³-hybridized carbons (Fsp3) is 0.875. The molecule has 3 fully saturated rings. The SMILES string of the molecule is CC(=O)CCCCC(=O)NC(CC(C)=O)C(=O)NCCO[C@H]1O[C@H](CO[C@H]2O[C@H](CO)[C@@H](O)[C@@H](O)[C@@H]2O)[C@@H](O)[C@H](O[C@H]2O[C@H](CO)[C@@H](O)[C@H](O)[C@@H]2O)[C@@H]1O. The minimum atomic E-state index is -1.94. The third-order valence-corrected chi connectivity index (χ3v) is 9.06. The van der Waals surface area contributed by atoms with E-state index in [-0.39, 0.29) is 37.6 Å². The molecule has 3 saturated heterocycles. The van der Waals surface area contributed by atoms with Crippen molar-refractivity contribution in [3.8, 4) is 0 Å². The Labute approximate surface area is 309 Å². The lowest BCUT2D eigenvalue weighted by Crippen LogP contribution is -2.65. The maximum Gasteiger partial charge on any atom is 0.243 e. The molecule has 3 aliphatic rings. The van der Waals surface area contributed by atoms with Gasteiger partial charge in [0.05, 0.1) is 26.4 Å². The monoisotopic (exact) mass is 786 g/mol. The third-order valence-electron chi connectivity index (χ3n) is 9.06. The first-order chi connectivity index (χ1) is 25.5. The highest BCUT2D eigenvalue weighted by Gasteiger charge is 2.52. The highest BCUT2D eigenvalue weighted by Crippen LogP contribution is 2.31. The van der Waals surface area contributed by atoms with Gasteiger partial charge in [-0.3, -0.25) is 14.4 Å². The first-order valence-corrected chi connectivity index (χ1v) is 17.6. The third kappa shape index (κ3) is 12.6. The van der Waals surface area contributed by atoms with Crippen LogP contribution in [0.2, 0.25) is 0 Å². The predicted octanol–water partition coefficient (Wildman–Crippen LogP) is -6.82. The number of ketones is 2. The summed E-state index contributed by atoms with van der Waals surface area (Å²) in [5, 5.41) is 108. The van der Waals surface area contributed by atoms with Crippen molar-refractivity contribution >= 4 is 23.4 Å². The molecule has 2 amide bonds. The Kier molecular flexibility index (Phi) is 18.6. The van der Waals surface area contributed by atoms with Gasteiger partial charge in [0.15, 0.2) is 18.9 Å². The molecule has 0 bridgehead atoms. The number of aliphatic hydroxyl groups excluding tert-OH is 10. The van der Waals surface area contributed by atoms with E-state index in [9.17, 15) is 70.2 Å². The van der Waals surface area contributed by atoms with Crippen molar-refractivity contribution in [2.24, 2.45) is 0 Å². The molecule has 54 heavy (non-hydrogen) atoms. The lowest BCUT2D eigenvalue weighted by molar-refractivity contribution is -0.366. The smallest absolute Gasteiger partial charge is 0.243 e. The molecule has 312 valence electrons. The number of carbonyl (C=O) groups excluding carboxylic acids is 4. The second kappa shape index (κ2) is 21.8. The van der Waals surface area contributed by atoms with Crippen LogP contribution in [0.1, 0.15) is 46.0 Å². The minimum absolute atomic E-state index is 0.0223. The zero-order valence-corrected chi connectivity index (χ0v) is 29.9. The van der Waals surface area contributed by atoms with Crippen LogP contribution in [0.4, 0.5) is 0 Å². The number of hydrogen-bond acceptors (Lipinski definition) is 20. The molecule has 16 atom stereocenters. The Hall–Kier alpha value is -2.36. The molecular formula is C32H54N2O20. The van der Waals surface area contributed by atoms with Crippen LogP contribution < -0.4 is 10.6 Å². The number of ether oxygens (including phenoxy) is 6. The van der Waals surface area contributed by atoms with Gasteiger partial charge < -0.3 is 94.9 Å². The van der Waals surface area contributed by atoms with Crippen molar-refractivity contribution in [3.05, 3.63) is 0 Å². The van der Waals surface area contributed by atoms with Gasteiger partial charge in [-0.25, -0.2) is 0 Å². The molecule has 0 aliphatic carbocycles. The number of Topliss-reactive ketones (excluding diaryl/α,β-unsaturated/α-hetero) is 2. The van der Waals surface area contributed by atoms with Crippen LogP contribution in [0.25, 0.3) is 0 Å². The Bertz CT molecular complexity index is 1210. The average Bonchev–Trinajstić information content (AvgIpc) is 3.12. The highest BCUT2D eigenvalue weighted by molar-refractivity contribution is 5.91. The van der Waals surface area contributed by atoms with E-state index in [2.05, 4.69) is 10.6 Å². The van der Waals surface area contributed by atoms with Gasteiger partial charge in [0.25, 0.3) is 0 Å². The molecule has 1 unspecified atom stereocenters. The lowest BCUT2D eigenvalue weighted by Gasteiger charge is -2.46. The van der Waals surface area contributed by atoms with E-state index in [1.54, 1.807) is 0 Å². The molecule has 12 N–H and O–H groups in total. The Morgan fingerprint density at radius 1 is 0.630 bits per heavy atom. The van der Waals surface area contributed by atoms with Crippen molar-refractivity contribution in [3.63, 3.8) is 0 Å². The molecule has 0 aromatic heterocycles. The van der Waals surface area contributed by atoms with Crippen LogP contribution in [-0.4, -0.2) is 206 Å². The number of aliphatic hydroxyl groups is 10.